The molecule has 0 saturated carbocycles. The monoisotopic (exact) mass is 324 g/mol. The molecule has 0 unspecified atom stereocenters. The lowest BCUT2D eigenvalue weighted by atomic mass is 10.1. The largest absolute Gasteiger partial charge is 0.465 e. The molecule has 0 bridgehead atoms. The molecule has 0 atom stereocenters. The van der Waals surface area contributed by atoms with Gasteiger partial charge in [-0.05, 0) is 29.8 Å². The molecule has 4 nitrogen and oxygen atoms in total. The Hall–Kier alpha value is -2.57. The number of alkyl halides is 3. The van der Waals surface area contributed by atoms with Crippen molar-refractivity contribution in [1.82, 2.24) is 4.98 Å². The van der Waals surface area contributed by atoms with Gasteiger partial charge >= 0.3 is 12.1 Å². The molecule has 1 heterocycles. The topological polar surface area (TPSA) is 42.4 Å². The fourth-order valence-corrected chi connectivity index (χ4v) is 2.01. The summed E-state index contributed by atoms with van der Waals surface area (Å²) in [5.41, 5.74) is 0.318. The van der Waals surface area contributed by atoms with E-state index in [4.69, 9.17) is 0 Å². The van der Waals surface area contributed by atoms with Crippen LogP contribution in [0.1, 0.15) is 21.6 Å². The second kappa shape index (κ2) is 6.68. The van der Waals surface area contributed by atoms with Crippen LogP contribution >= 0.6 is 0 Å². The van der Waals surface area contributed by atoms with Crippen LogP contribution in [-0.4, -0.2) is 25.1 Å². The van der Waals surface area contributed by atoms with Crippen molar-refractivity contribution in [3.05, 3.63) is 59.3 Å². The van der Waals surface area contributed by atoms with E-state index in [9.17, 15) is 18.0 Å². The standard InChI is InChI=1S/C16H15F3N2O2/c1-21(14-5-3-4-13(20-14)16(17,18)19)10-11-6-8-12(9-7-11)15(22)23-2/h3-9H,10H2,1-2H3. The number of carbonyl (C=O) groups excluding carboxylic acids is 1. The Morgan fingerprint density at radius 2 is 1.83 bits per heavy atom. The van der Waals surface area contributed by atoms with Gasteiger partial charge in [0.2, 0.25) is 0 Å². The number of hydrogen-bond donors (Lipinski definition) is 0. The lowest BCUT2D eigenvalue weighted by molar-refractivity contribution is -0.141. The summed E-state index contributed by atoms with van der Waals surface area (Å²) in [5.74, 6) is -0.221. The van der Waals surface area contributed by atoms with Crippen molar-refractivity contribution in [3.8, 4) is 0 Å². The zero-order chi connectivity index (χ0) is 17.0. The number of pyridine rings is 1. The summed E-state index contributed by atoms with van der Waals surface area (Å²) in [6.45, 7) is 0.357. The van der Waals surface area contributed by atoms with Crippen molar-refractivity contribution in [1.29, 1.82) is 0 Å². The van der Waals surface area contributed by atoms with E-state index in [0.717, 1.165) is 11.6 Å². The summed E-state index contributed by atoms with van der Waals surface area (Å²) in [6.07, 6.45) is -4.47. The molecule has 0 aliphatic rings. The third kappa shape index (κ3) is 4.21. The van der Waals surface area contributed by atoms with E-state index in [1.807, 2.05) is 0 Å². The van der Waals surface area contributed by atoms with E-state index in [2.05, 4.69) is 9.72 Å². The highest BCUT2D eigenvalue weighted by molar-refractivity contribution is 5.89. The third-order valence-electron chi connectivity index (χ3n) is 3.21. The van der Waals surface area contributed by atoms with E-state index < -0.39 is 17.8 Å². The molecule has 2 rings (SSSR count). The van der Waals surface area contributed by atoms with Gasteiger partial charge in [0.1, 0.15) is 11.5 Å². The predicted octanol–water partition coefficient (Wildman–Crippen LogP) is 3.52. The first-order chi connectivity index (χ1) is 10.8. The molecular weight excluding hydrogens is 309 g/mol. The molecular formula is C16H15F3N2O2. The van der Waals surface area contributed by atoms with Crippen molar-refractivity contribution in [2.75, 3.05) is 19.1 Å². The van der Waals surface area contributed by atoms with Crippen LogP contribution in [0.2, 0.25) is 0 Å². The third-order valence-corrected chi connectivity index (χ3v) is 3.21. The first-order valence-corrected chi connectivity index (χ1v) is 6.74. The van der Waals surface area contributed by atoms with Crippen molar-refractivity contribution in [3.63, 3.8) is 0 Å². The van der Waals surface area contributed by atoms with Crippen LogP contribution < -0.4 is 4.90 Å². The van der Waals surface area contributed by atoms with Crippen molar-refractivity contribution < 1.29 is 22.7 Å². The van der Waals surface area contributed by atoms with Gasteiger partial charge < -0.3 is 9.64 Å². The van der Waals surface area contributed by atoms with Gasteiger partial charge in [-0.1, -0.05) is 18.2 Å². The number of aromatic nitrogens is 1. The summed E-state index contributed by atoms with van der Waals surface area (Å²) >= 11 is 0. The number of methoxy groups -OCH3 is 1. The number of carbonyl (C=O) groups is 1. The average Bonchev–Trinajstić information content (AvgIpc) is 2.54. The molecule has 0 spiro atoms. The minimum absolute atomic E-state index is 0.219. The Morgan fingerprint density at radius 3 is 2.39 bits per heavy atom. The number of ether oxygens (including phenoxy) is 1. The highest BCUT2D eigenvalue weighted by Gasteiger charge is 2.32. The van der Waals surface area contributed by atoms with Gasteiger partial charge in [0.25, 0.3) is 0 Å². The SMILES string of the molecule is COC(=O)c1ccc(CN(C)c2cccc(C(F)(F)F)n2)cc1. The highest BCUT2D eigenvalue weighted by atomic mass is 19.4. The molecule has 7 heteroatoms. The Balaban J connectivity index is 2.13. The first kappa shape index (κ1) is 16.8. The van der Waals surface area contributed by atoms with Crippen LogP contribution in [0.4, 0.5) is 19.0 Å². The van der Waals surface area contributed by atoms with E-state index in [1.165, 1.54) is 19.2 Å². The van der Waals surface area contributed by atoms with Crippen molar-refractivity contribution in [2.45, 2.75) is 12.7 Å². The molecule has 0 N–H and O–H groups in total. The number of hydrogen-bond acceptors (Lipinski definition) is 4. The fourth-order valence-electron chi connectivity index (χ4n) is 2.01. The zero-order valence-corrected chi connectivity index (χ0v) is 12.6. The molecule has 0 saturated heterocycles. The zero-order valence-electron chi connectivity index (χ0n) is 12.6. The molecule has 0 radical (unpaired) electrons. The number of nitrogens with zero attached hydrogens (tertiary/aromatic N) is 2. The predicted molar refractivity (Wildman–Crippen MR) is 79.1 cm³/mol. The van der Waals surface area contributed by atoms with Crippen LogP contribution in [0, 0.1) is 0 Å². The second-order valence-electron chi connectivity index (χ2n) is 4.92. The van der Waals surface area contributed by atoms with Gasteiger partial charge in [0, 0.05) is 13.6 Å². The number of benzene rings is 1. The summed E-state index contributed by atoms with van der Waals surface area (Å²) < 4.78 is 42.7. The number of anilines is 1. The fraction of sp³-hybridized carbons (Fsp3) is 0.250. The summed E-state index contributed by atoms with van der Waals surface area (Å²) in [5, 5.41) is 0. The van der Waals surface area contributed by atoms with Crippen LogP contribution in [0.5, 0.6) is 0 Å². The quantitative estimate of drug-likeness (QED) is 0.807. The Morgan fingerprint density at radius 1 is 1.17 bits per heavy atom. The van der Waals surface area contributed by atoms with Gasteiger partial charge in [0.05, 0.1) is 12.7 Å². The highest BCUT2D eigenvalue weighted by Crippen LogP contribution is 2.28. The van der Waals surface area contributed by atoms with E-state index in [1.54, 1.807) is 36.2 Å². The van der Waals surface area contributed by atoms with Crippen molar-refractivity contribution >= 4 is 11.8 Å². The van der Waals surface area contributed by atoms with E-state index in [0.29, 0.717) is 12.1 Å². The molecule has 122 valence electrons. The van der Waals surface area contributed by atoms with Crippen LogP contribution in [0.25, 0.3) is 0 Å². The maximum absolute atomic E-state index is 12.7. The molecule has 0 aliphatic heterocycles. The first-order valence-electron chi connectivity index (χ1n) is 6.74. The summed E-state index contributed by atoms with van der Waals surface area (Å²) in [6, 6.07) is 10.4. The van der Waals surface area contributed by atoms with Crippen molar-refractivity contribution in [2.24, 2.45) is 0 Å². The molecule has 23 heavy (non-hydrogen) atoms. The molecule has 1 aromatic heterocycles. The Labute approximate surface area is 131 Å². The summed E-state index contributed by atoms with van der Waals surface area (Å²) in [7, 11) is 2.94. The molecule has 0 fully saturated rings. The van der Waals surface area contributed by atoms with Gasteiger partial charge in [-0.25, -0.2) is 9.78 Å². The molecule has 0 aliphatic carbocycles. The summed E-state index contributed by atoms with van der Waals surface area (Å²) in [4.78, 5) is 16.6. The van der Waals surface area contributed by atoms with Gasteiger partial charge in [0.15, 0.2) is 0 Å². The lowest BCUT2D eigenvalue weighted by Crippen LogP contribution is -2.19. The van der Waals surface area contributed by atoms with Gasteiger partial charge in [-0.3, -0.25) is 0 Å². The smallest absolute Gasteiger partial charge is 0.433 e. The maximum Gasteiger partial charge on any atom is 0.433 e. The Kier molecular flexibility index (Phi) is 4.88. The Bertz CT molecular complexity index is 684. The maximum atomic E-state index is 12.7. The minimum Gasteiger partial charge on any atom is -0.465 e. The molecule has 0 amide bonds. The molecule has 2 aromatic rings. The van der Waals surface area contributed by atoms with Gasteiger partial charge in [-0.2, -0.15) is 13.2 Å². The number of rotatable bonds is 4. The van der Waals surface area contributed by atoms with E-state index in [-0.39, 0.29) is 5.82 Å². The number of halogens is 3. The average molecular weight is 324 g/mol. The second-order valence-corrected chi connectivity index (χ2v) is 4.92. The lowest BCUT2D eigenvalue weighted by Gasteiger charge is -2.19. The molecule has 1 aromatic carbocycles. The normalized spacial score (nSPS) is 11.2. The van der Waals surface area contributed by atoms with Crippen LogP contribution in [0.3, 0.4) is 0 Å². The van der Waals surface area contributed by atoms with E-state index >= 15 is 0 Å². The minimum atomic E-state index is -4.47. The van der Waals surface area contributed by atoms with Crippen LogP contribution in [0.15, 0.2) is 42.5 Å². The number of esters is 1. The van der Waals surface area contributed by atoms with Crippen LogP contribution in [-0.2, 0) is 17.5 Å². The van der Waals surface area contributed by atoms with Gasteiger partial charge in [-0.15, -0.1) is 0 Å².